The van der Waals surface area contributed by atoms with Crippen LogP contribution < -0.4 is 16.2 Å². The van der Waals surface area contributed by atoms with Gasteiger partial charge < -0.3 is 16.2 Å². The Hall–Kier alpha value is -2.57. The van der Waals surface area contributed by atoms with E-state index in [0.717, 1.165) is 6.54 Å². The van der Waals surface area contributed by atoms with Crippen molar-refractivity contribution in [2.45, 2.75) is 13.5 Å². The highest BCUT2D eigenvalue weighted by atomic mass is 16.5. The van der Waals surface area contributed by atoms with Gasteiger partial charge in [-0.05, 0) is 13.0 Å². The number of aryl methyl sites for hydroxylation is 1. The number of nitrogen functional groups attached to an aromatic ring is 1. The first-order chi connectivity index (χ1) is 8.60. The fourth-order valence-electron chi connectivity index (χ4n) is 1.41. The molecule has 0 saturated heterocycles. The summed E-state index contributed by atoms with van der Waals surface area (Å²) in [6.07, 6.45) is 4.63. The molecular formula is C11H13N5O2. The minimum Gasteiger partial charge on any atom is -0.435 e. The summed E-state index contributed by atoms with van der Waals surface area (Å²) in [5, 5.41) is 4.05. The zero-order valence-electron chi connectivity index (χ0n) is 9.83. The predicted molar refractivity (Wildman–Crippen MR) is 65.1 cm³/mol. The van der Waals surface area contributed by atoms with Crippen molar-refractivity contribution in [3.05, 3.63) is 30.2 Å². The Labute approximate surface area is 103 Å². The van der Waals surface area contributed by atoms with Crippen molar-refractivity contribution in [3.63, 3.8) is 0 Å². The van der Waals surface area contributed by atoms with Crippen molar-refractivity contribution in [1.29, 1.82) is 0 Å². The van der Waals surface area contributed by atoms with Gasteiger partial charge in [-0.25, -0.2) is 4.98 Å². The number of carbonyl (C=O) groups excluding carboxylic acids is 1. The Morgan fingerprint density at radius 2 is 2.28 bits per heavy atom. The molecule has 2 heterocycles. The van der Waals surface area contributed by atoms with E-state index in [-0.39, 0.29) is 11.4 Å². The van der Waals surface area contributed by atoms with Crippen LogP contribution >= 0.6 is 0 Å². The quantitative estimate of drug-likeness (QED) is 0.829. The van der Waals surface area contributed by atoms with Crippen LogP contribution in [0, 0.1) is 0 Å². The average Bonchev–Trinajstić information content (AvgIpc) is 2.79. The van der Waals surface area contributed by atoms with E-state index < -0.39 is 5.91 Å². The van der Waals surface area contributed by atoms with E-state index >= 15 is 0 Å². The number of amides is 1. The molecule has 1 amide bonds. The molecular weight excluding hydrogens is 234 g/mol. The van der Waals surface area contributed by atoms with Gasteiger partial charge in [-0.2, -0.15) is 5.10 Å². The van der Waals surface area contributed by atoms with Gasteiger partial charge in [-0.3, -0.25) is 9.48 Å². The van der Waals surface area contributed by atoms with E-state index in [1.54, 1.807) is 10.9 Å². The van der Waals surface area contributed by atoms with Gasteiger partial charge in [0.05, 0.1) is 24.3 Å². The summed E-state index contributed by atoms with van der Waals surface area (Å²) in [5.41, 5.74) is 11.3. The Kier molecular flexibility index (Phi) is 3.13. The number of pyridine rings is 1. The van der Waals surface area contributed by atoms with E-state index in [2.05, 4.69) is 10.1 Å². The maximum absolute atomic E-state index is 11.3. The van der Waals surface area contributed by atoms with Crippen molar-refractivity contribution in [3.8, 4) is 11.6 Å². The first-order valence-electron chi connectivity index (χ1n) is 5.35. The maximum atomic E-state index is 11.3. The van der Waals surface area contributed by atoms with Crippen LogP contribution in [0.2, 0.25) is 0 Å². The van der Waals surface area contributed by atoms with Crippen molar-refractivity contribution in [1.82, 2.24) is 14.8 Å². The number of hydrogen-bond donors (Lipinski definition) is 2. The normalized spacial score (nSPS) is 10.3. The lowest BCUT2D eigenvalue weighted by Crippen LogP contribution is -2.13. The molecule has 0 aromatic carbocycles. The number of ether oxygens (including phenoxy) is 1. The van der Waals surface area contributed by atoms with Crippen molar-refractivity contribution in [2.24, 2.45) is 5.73 Å². The van der Waals surface area contributed by atoms with Gasteiger partial charge in [0.15, 0.2) is 5.75 Å². The minimum absolute atomic E-state index is 0.118. The molecule has 0 aliphatic rings. The zero-order chi connectivity index (χ0) is 13.1. The lowest BCUT2D eigenvalue weighted by molar-refractivity contribution is 0.0997. The lowest BCUT2D eigenvalue weighted by atomic mass is 10.2. The van der Waals surface area contributed by atoms with E-state index in [0.29, 0.717) is 11.4 Å². The molecule has 0 radical (unpaired) electrons. The predicted octanol–water partition coefficient (Wildman–Crippen LogP) is 0.771. The smallest absolute Gasteiger partial charge is 0.254 e. The average molecular weight is 247 g/mol. The molecule has 0 saturated carbocycles. The van der Waals surface area contributed by atoms with Gasteiger partial charge in [0.1, 0.15) is 5.56 Å². The van der Waals surface area contributed by atoms with Crippen LogP contribution in [0.1, 0.15) is 17.3 Å². The van der Waals surface area contributed by atoms with E-state index in [1.165, 1.54) is 18.5 Å². The second-order valence-corrected chi connectivity index (χ2v) is 3.62. The molecule has 0 atom stereocenters. The van der Waals surface area contributed by atoms with E-state index in [4.69, 9.17) is 16.2 Å². The third kappa shape index (κ3) is 2.40. The Bertz CT molecular complexity index is 579. The third-order valence-corrected chi connectivity index (χ3v) is 2.29. The number of hydrogen-bond acceptors (Lipinski definition) is 5. The van der Waals surface area contributed by atoms with Gasteiger partial charge in [-0.15, -0.1) is 0 Å². The third-order valence-electron chi connectivity index (χ3n) is 2.29. The molecule has 0 aliphatic heterocycles. The number of aromatic nitrogens is 3. The highest BCUT2D eigenvalue weighted by Crippen LogP contribution is 2.23. The second-order valence-electron chi connectivity index (χ2n) is 3.62. The Morgan fingerprint density at radius 1 is 1.50 bits per heavy atom. The van der Waals surface area contributed by atoms with Crippen LogP contribution in [0.4, 0.5) is 5.69 Å². The van der Waals surface area contributed by atoms with E-state index in [9.17, 15) is 4.79 Å². The molecule has 4 N–H and O–H groups in total. The van der Waals surface area contributed by atoms with Gasteiger partial charge in [0.25, 0.3) is 5.91 Å². The summed E-state index contributed by atoms with van der Waals surface area (Å²) >= 11 is 0. The topological polar surface area (TPSA) is 109 Å². The first kappa shape index (κ1) is 11.9. The molecule has 2 aromatic rings. The van der Waals surface area contributed by atoms with Crippen molar-refractivity contribution in [2.75, 3.05) is 5.73 Å². The SMILES string of the molecule is CCn1cc(Oc2ncc(N)cc2C(N)=O)cn1. The van der Waals surface area contributed by atoms with Crippen LogP contribution in [0.25, 0.3) is 0 Å². The Balaban J connectivity index is 2.30. The van der Waals surface area contributed by atoms with E-state index in [1.807, 2.05) is 6.92 Å². The maximum Gasteiger partial charge on any atom is 0.254 e. The standard InChI is InChI=1S/C11H13N5O2/c1-2-16-6-8(5-15-16)18-11-9(10(13)17)3-7(12)4-14-11/h3-6H,2,12H2,1H3,(H2,13,17). The molecule has 0 aliphatic carbocycles. The summed E-state index contributed by atoms with van der Waals surface area (Å²) in [7, 11) is 0. The second kappa shape index (κ2) is 4.74. The summed E-state index contributed by atoms with van der Waals surface area (Å²) in [6.45, 7) is 2.67. The Morgan fingerprint density at radius 3 is 2.89 bits per heavy atom. The molecule has 0 spiro atoms. The summed E-state index contributed by atoms with van der Waals surface area (Å²) in [4.78, 5) is 15.2. The van der Waals surface area contributed by atoms with Crippen molar-refractivity contribution >= 4 is 11.6 Å². The van der Waals surface area contributed by atoms with Gasteiger partial charge >= 0.3 is 0 Å². The molecule has 7 nitrogen and oxygen atoms in total. The lowest BCUT2D eigenvalue weighted by Gasteiger charge is -2.06. The monoisotopic (exact) mass is 247 g/mol. The molecule has 2 aromatic heterocycles. The van der Waals surface area contributed by atoms with Crippen LogP contribution in [0.5, 0.6) is 11.6 Å². The summed E-state index contributed by atoms with van der Waals surface area (Å²) in [6, 6.07) is 1.43. The van der Waals surface area contributed by atoms with Crippen LogP contribution in [0.15, 0.2) is 24.7 Å². The van der Waals surface area contributed by atoms with Crippen LogP contribution in [-0.4, -0.2) is 20.7 Å². The molecule has 7 heteroatoms. The van der Waals surface area contributed by atoms with Gasteiger partial charge in [0.2, 0.25) is 5.88 Å². The largest absolute Gasteiger partial charge is 0.435 e. The van der Waals surface area contributed by atoms with Gasteiger partial charge in [0, 0.05) is 6.54 Å². The number of rotatable bonds is 4. The molecule has 0 fully saturated rings. The number of nitrogens with zero attached hydrogens (tertiary/aromatic N) is 3. The number of carbonyl (C=O) groups is 1. The molecule has 0 unspecified atom stereocenters. The molecule has 2 rings (SSSR count). The molecule has 0 bridgehead atoms. The highest BCUT2D eigenvalue weighted by Gasteiger charge is 2.13. The summed E-state index contributed by atoms with van der Waals surface area (Å²) < 4.78 is 7.15. The number of anilines is 1. The minimum atomic E-state index is -0.646. The first-order valence-corrected chi connectivity index (χ1v) is 5.35. The number of primary amides is 1. The van der Waals surface area contributed by atoms with Crippen molar-refractivity contribution < 1.29 is 9.53 Å². The fourth-order valence-corrected chi connectivity index (χ4v) is 1.41. The summed E-state index contributed by atoms with van der Waals surface area (Å²) in [5.74, 6) is -0.0448. The molecule has 18 heavy (non-hydrogen) atoms. The van der Waals surface area contributed by atoms with Crippen LogP contribution in [0.3, 0.4) is 0 Å². The molecule has 94 valence electrons. The fraction of sp³-hybridized carbons (Fsp3) is 0.182. The van der Waals surface area contributed by atoms with Gasteiger partial charge in [-0.1, -0.05) is 0 Å². The zero-order valence-corrected chi connectivity index (χ0v) is 9.83. The van der Waals surface area contributed by atoms with Crippen LogP contribution in [-0.2, 0) is 6.54 Å². The highest BCUT2D eigenvalue weighted by molar-refractivity contribution is 5.95. The number of nitrogens with two attached hydrogens (primary N) is 2.